The number of benzene rings is 3. The zero-order chi connectivity index (χ0) is 16.6. The highest BCUT2D eigenvalue weighted by Gasteiger charge is 2.02. The van der Waals surface area contributed by atoms with Crippen molar-refractivity contribution in [1.82, 2.24) is 0 Å². The molecule has 0 unspecified atom stereocenters. The van der Waals surface area contributed by atoms with Crippen LogP contribution in [0.4, 0.5) is 10.1 Å². The molecule has 0 bridgehead atoms. The molecule has 0 aromatic heterocycles. The van der Waals surface area contributed by atoms with Gasteiger partial charge in [0, 0.05) is 5.56 Å². The summed E-state index contributed by atoms with van der Waals surface area (Å²) < 4.78 is 19.2. The number of nitrogens with zero attached hydrogens (tertiary/aromatic N) is 1. The van der Waals surface area contributed by atoms with E-state index in [9.17, 15) is 4.39 Å². The summed E-state index contributed by atoms with van der Waals surface area (Å²) in [6, 6.07) is 23.8. The predicted octanol–water partition coefficient (Wildman–Crippen LogP) is 4.85. The third-order valence-corrected chi connectivity index (χ3v) is 3.39. The van der Waals surface area contributed by atoms with Gasteiger partial charge < -0.3 is 4.74 Å². The second-order valence-corrected chi connectivity index (χ2v) is 5.19. The fourth-order valence-corrected chi connectivity index (χ4v) is 2.16. The van der Waals surface area contributed by atoms with Gasteiger partial charge in [0.15, 0.2) is 0 Å². The van der Waals surface area contributed by atoms with E-state index in [4.69, 9.17) is 4.74 Å². The van der Waals surface area contributed by atoms with E-state index >= 15 is 0 Å². The summed E-state index contributed by atoms with van der Waals surface area (Å²) in [7, 11) is 0. The third kappa shape index (κ3) is 4.43. The van der Waals surface area contributed by atoms with Crippen LogP contribution >= 0.6 is 0 Å². The van der Waals surface area contributed by atoms with Gasteiger partial charge in [-0.05, 0) is 35.9 Å². The Hall–Kier alpha value is -3.14. The van der Waals surface area contributed by atoms with Crippen molar-refractivity contribution >= 4 is 11.9 Å². The smallest absolute Gasteiger partial charge is 0.129 e. The highest BCUT2D eigenvalue weighted by atomic mass is 19.1. The molecule has 0 heterocycles. The van der Waals surface area contributed by atoms with Crippen LogP contribution in [0, 0.1) is 5.82 Å². The first-order chi connectivity index (χ1) is 11.8. The van der Waals surface area contributed by atoms with Crippen LogP contribution in [0.5, 0.6) is 5.75 Å². The van der Waals surface area contributed by atoms with Gasteiger partial charge in [-0.3, -0.25) is 5.43 Å². The molecule has 4 heteroatoms. The van der Waals surface area contributed by atoms with Crippen molar-refractivity contribution in [3.05, 3.63) is 95.8 Å². The molecule has 0 fully saturated rings. The Kier molecular flexibility index (Phi) is 5.20. The topological polar surface area (TPSA) is 33.6 Å². The lowest BCUT2D eigenvalue weighted by molar-refractivity contribution is 0.300. The summed E-state index contributed by atoms with van der Waals surface area (Å²) in [5.74, 6) is 0.407. The molecule has 0 amide bonds. The molecular weight excluding hydrogens is 303 g/mol. The molecule has 0 spiro atoms. The predicted molar refractivity (Wildman–Crippen MR) is 94.8 cm³/mol. The average Bonchev–Trinajstić information content (AvgIpc) is 2.62. The Morgan fingerprint density at radius 2 is 1.71 bits per heavy atom. The van der Waals surface area contributed by atoms with E-state index in [1.54, 1.807) is 24.4 Å². The minimum Gasteiger partial charge on any atom is -0.489 e. The molecule has 0 saturated carbocycles. The third-order valence-electron chi connectivity index (χ3n) is 3.39. The van der Waals surface area contributed by atoms with Crippen LogP contribution in [0.3, 0.4) is 0 Å². The average molecular weight is 320 g/mol. The summed E-state index contributed by atoms with van der Waals surface area (Å²) in [5, 5.41) is 4.19. The number of ether oxygens (including phenoxy) is 1. The number of halogens is 1. The molecule has 1 N–H and O–H groups in total. The van der Waals surface area contributed by atoms with E-state index in [0.29, 0.717) is 11.3 Å². The number of para-hydroxylation sites is 1. The van der Waals surface area contributed by atoms with E-state index < -0.39 is 0 Å². The molecule has 0 atom stereocenters. The van der Waals surface area contributed by atoms with Gasteiger partial charge in [-0.1, -0.05) is 48.5 Å². The van der Waals surface area contributed by atoms with Gasteiger partial charge in [0.2, 0.25) is 0 Å². The van der Waals surface area contributed by atoms with Crippen LogP contribution in [0.15, 0.2) is 84.0 Å². The molecule has 0 aliphatic heterocycles. The Balaban J connectivity index is 1.60. The minimum absolute atomic E-state index is 0.190. The van der Waals surface area contributed by atoms with Crippen LogP contribution < -0.4 is 10.2 Å². The van der Waals surface area contributed by atoms with Crippen LogP contribution in [0.2, 0.25) is 0 Å². The van der Waals surface area contributed by atoms with Crippen LogP contribution in [0.1, 0.15) is 11.1 Å². The molecule has 3 aromatic carbocycles. The number of hydrogen-bond donors (Lipinski definition) is 1. The molecule has 0 aliphatic carbocycles. The lowest BCUT2D eigenvalue weighted by Gasteiger charge is -2.07. The van der Waals surface area contributed by atoms with Gasteiger partial charge >= 0.3 is 0 Å². The summed E-state index contributed by atoms with van der Waals surface area (Å²) >= 11 is 0. The van der Waals surface area contributed by atoms with Crippen molar-refractivity contribution in [2.24, 2.45) is 5.10 Å². The van der Waals surface area contributed by atoms with E-state index in [2.05, 4.69) is 10.5 Å². The highest BCUT2D eigenvalue weighted by molar-refractivity contribution is 5.80. The van der Waals surface area contributed by atoms with Gasteiger partial charge in [0.05, 0.1) is 11.9 Å². The van der Waals surface area contributed by atoms with E-state index in [1.807, 2.05) is 54.6 Å². The molecule has 24 heavy (non-hydrogen) atoms. The maximum Gasteiger partial charge on any atom is 0.129 e. The summed E-state index contributed by atoms with van der Waals surface area (Å²) in [5.41, 5.74) is 5.30. The second-order valence-electron chi connectivity index (χ2n) is 5.19. The maximum absolute atomic E-state index is 13.6. The summed E-state index contributed by atoms with van der Waals surface area (Å²) in [6.07, 6.45) is 1.71. The van der Waals surface area contributed by atoms with Gasteiger partial charge in [-0.2, -0.15) is 5.10 Å². The minimum atomic E-state index is -0.262. The monoisotopic (exact) mass is 320 g/mol. The van der Waals surface area contributed by atoms with Crippen molar-refractivity contribution in [2.75, 3.05) is 5.43 Å². The number of nitrogens with one attached hydrogen (secondary N) is 1. The molecule has 3 nitrogen and oxygen atoms in total. The zero-order valence-corrected chi connectivity index (χ0v) is 13.0. The number of hydrazone groups is 1. The molecule has 0 radical (unpaired) electrons. The maximum atomic E-state index is 13.6. The fraction of sp³-hybridized carbons (Fsp3) is 0.0500. The Morgan fingerprint density at radius 1 is 0.917 bits per heavy atom. The van der Waals surface area contributed by atoms with Gasteiger partial charge in [-0.25, -0.2) is 4.39 Å². The molecule has 3 rings (SSSR count). The Labute approximate surface area is 140 Å². The van der Waals surface area contributed by atoms with E-state index in [1.165, 1.54) is 6.07 Å². The molecule has 120 valence electrons. The second kappa shape index (κ2) is 7.92. The quantitative estimate of drug-likeness (QED) is 0.520. The van der Waals surface area contributed by atoms with Crippen LogP contribution in [-0.4, -0.2) is 6.21 Å². The lowest BCUT2D eigenvalue weighted by atomic mass is 10.2. The van der Waals surface area contributed by atoms with Crippen molar-refractivity contribution < 1.29 is 9.13 Å². The fourth-order valence-electron chi connectivity index (χ4n) is 2.16. The first-order valence-corrected chi connectivity index (χ1v) is 7.62. The number of rotatable bonds is 6. The van der Waals surface area contributed by atoms with Crippen molar-refractivity contribution in [3.63, 3.8) is 0 Å². The van der Waals surface area contributed by atoms with Crippen molar-refractivity contribution in [2.45, 2.75) is 6.61 Å². The molecule has 0 saturated heterocycles. The number of hydrogen-bond acceptors (Lipinski definition) is 3. The van der Waals surface area contributed by atoms with E-state index in [0.717, 1.165) is 11.3 Å². The molecule has 3 aromatic rings. The van der Waals surface area contributed by atoms with Crippen LogP contribution in [0.25, 0.3) is 0 Å². The standard InChI is InChI=1S/C20H17FN2O/c21-20-12-5-4-8-17(20)15-24-19-11-6-7-16(13-19)14-22-23-18-9-2-1-3-10-18/h1-14,23H,15H2/b22-14-. The molecular formula is C20H17FN2O. The number of anilines is 1. The van der Waals surface area contributed by atoms with Crippen molar-refractivity contribution in [1.29, 1.82) is 0 Å². The zero-order valence-electron chi connectivity index (χ0n) is 13.0. The van der Waals surface area contributed by atoms with Crippen molar-refractivity contribution in [3.8, 4) is 5.75 Å². The van der Waals surface area contributed by atoms with Gasteiger partial charge in [0.1, 0.15) is 18.2 Å². The summed E-state index contributed by atoms with van der Waals surface area (Å²) in [6.45, 7) is 0.190. The van der Waals surface area contributed by atoms with Gasteiger partial charge in [-0.15, -0.1) is 0 Å². The normalized spacial score (nSPS) is 10.7. The lowest BCUT2D eigenvalue weighted by Crippen LogP contribution is -1.98. The van der Waals surface area contributed by atoms with Gasteiger partial charge in [0.25, 0.3) is 0 Å². The first-order valence-electron chi connectivity index (χ1n) is 7.62. The molecule has 0 aliphatic rings. The first kappa shape index (κ1) is 15.7. The van der Waals surface area contributed by atoms with Crippen LogP contribution in [-0.2, 0) is 6.61 Å². The SMILES string of the molecule is Fc1ccccc1COc1cccc(/C=N\Nc2ccccc2)c1. The Bertz CT molecular complexity index is 819. The largest absolute Gasteiger partial charge is 0.489 e. The Morgan fingerprint density at radius 3 is 2.54 bits per heavy atom. The summed E-state index contributed by atoms with van der Waals surface area (Å²) in [4.78, 5) is 0. The van der Waals surface area contributed by atoms with E-state index in [-0.39, 0.29) is 12.4 Å². The highest BCUT2D eigenvalue weighted by Crippen LogP contribution is 2.15.